The third kappa shape index (κ3) is 3.07. The van der Waals surface area contributed by atoms with E-state index in [1.807, 2.05) is 11.3 Å². The highest BCUT2D eigenvalue weighted by Gasteiger charge is 2.30. The molecule has 2 aliphatic carbocycles. The predicted octanol–water partition coefficient (Wildman–Crippen LogP) is 16.0. The van der Waals surface area contributed by atoms with Crippen LogP contribution in [-0.2, 0) is 0 Å². The molecule has 1 heterocycles. The summed E-state index contributed by atoms with van der Waals surface area (Å²) in [7, 11) is 0. The molecule has 248 valence electrons. The molecule has 0 unspecified atom stereocenters. The molecule has 0 aliphatic heterocycles. The van der Waals surface area contributed by atoms with Gasteiger partial charge in [-0.05, 0) is 131 Å². The second-order valence-corrected chi connectivity index (χ2v) is 16.8. The minimum absolute atomic E-state index is 1.27. The van der Waals surface area contributed by atoms with Gasteiger partial charge in [0.25, 0.3) is 0 Å². The topological polar surface area (TPSA) is 0 Å². The fraction of sp³-hybridized carbons (Fsp3) is 0. The zero-order valence-corrected chi connectivity index (χ0v) is 30.2. The quantitative estimate of drug-likeness (QED) is 0.118. The van der Waals surface area contributed by atoms with Crippen LogP contribution < -0.4 is 0 Å². The van der Waals surface area contributed by atoms with Gasteiger partial charge in [-0.2, -0.15) is 0 Å². The molecule has 12 aromatic carbocycles. The van der Waals surface area contributed by atoms with Gasteiger partial charge in [0.1, 0.15) is 0 Å². The Morgan fingerprint density at radius 3 is 1.36 bits per heavy atom. The molecule has 0 nitrogen and oxygen atoms in total. The molecule has 15 rings (SSSR count). The van der Waals surface area contributed by atoms with E-state index >= 15 is 0 Å². The summed E-state index contributed by atoms with van der Waals surface area (Å²) in [5.74, 6) is 0. The van der Waals surface area contributed by atoms with Gasteiger partial charge in [0, 0.05) is 26.1 Å². The molecule has 0 bridgehead atoms. The number of hydrogen-bond donors (Lipinski definition) is 0. The minimum atomic E-state index is 1.27. The van der Waals surface area contributed by atoms with Crippen LogP contribution in [0.1, 0.15) is 0 Å². The number of rotatable bonds is 1. The Morgan fingerprint density at radius 2 is 0.709 bits per heavy atom. The smallest absolute Gasteiger partial charge is 0.0440 e. The third-order valence-electron chi connectivity index (χ3n) is 13.4. The summed E-state index contributed by atoms with van der Waals surface area (Å²) in [6.45, 7) is 0. The molecule has 2 aliphatic rings. The molecular weight excluding hydrogens is 681 g/mol. The highest BCUT2D eigenvalue weighted by molar-refractivity contribution is 7.23. The van der Waals surface area contributed by atoms with Gasteiger partial charge in [-0.15, -0.1) is 11.3 Å². The summed E-state index contributed by atoms with van der Waals surface area (Å²) in [6, 6.07) is 60.3. The first-order valence-corrected chi connectivity index (χ1v) is 20.1. The molecule has 0 atom stereocenters. The molecule has 0 spiro atoms. The summed E-state index contributed by atoms with van der Waals surface area (Å²) in [5, 5.41) is 23.4. The molecule has 13 aromatic rings. The van der Waals surface area contributed by atoms with Crippen molar-refractivity contribution in [3.8, 4) is 54.9 Å². The van der Waals surface area contributed by atoms with Crippen molar-refractivity contribution in [2.45, 2.75) is 0 Å². The van der Waals surface area contributed by atoms with E-state index in [1.54, 1.807) is 0 Å². The van der Waals surface area contributed by atoms with Crippen molar-refractivity contribution >= 4 is 108 Å². The molecule has 1 aromatic heterocycles. The lowest BCUT2D eigenvalue weighted by atomic mass is 9.81. The van der Waals surface area contributed by atoms with Gasteiger partial charge in [0.05, 0.1) is 0 Å². The van der Waals surface area contributed by atoms with E-state index < -0.39 is 0 Å². The van der Waals surface area contributed by atoms with Crippen LogP contribution in [-0.4, -0.2) is 0 Å². The van der Waals surface area contributed by atoms with E-state index in [0.717, 1.165) is 0 Å². The molecule has 0 fully saturated rings. The third-order valence-corrected chi connectivity index (χ3v) is 14.6. The van der Waals surface area contributed by atoms with Crippen LogP contribution in [0.3, 0.4) is 0 Å². The number of fused-ring (bicyclic) bond motifs is 14. The fourth-order valence-electron chi connectivity index (χ4n) is 11.4. The lowest BCUT2D eigenvalue weighted by Gasteiger charge is -2.22. The first kappa shape index (κ1) is 27.8. The largest absolute Gasteiger partial charge is 0.134 e. The Hall–Kier alpha value is -6.80. The number of thiophene rings is 1. The van der Waals surface area contributed by atoms with E-state index in [0.29, 0.717) is 0 Å². The maximum atomic E-state index is 2.45. The average Bonchev–Trinajstić information content (AvgIpc) is 3.89. The van der Waals surface area contributed by atoms with Crippen molar-refractivity contribution in [3.63, 3.8) is 0 Å². The summed E-state index contributed by atoms with van der Waals surface area (Å²) >= 11 is 1.95. The molecule has 0 N–H and O–H groups in total. The van der Waals surface area contributed by atoms with Crippen LogP contribution in [0.5, 0.6) is 0 Å². The Balaban J connectivity index is 1.09. The molecule has 0 saturated carbocycles. The molecule has 55 heavy (non-hydrogen) atoms. The Kier molecular flexibility index (Phi) is 4.68. The summed E-state index contributed by atoms with van der Waals surface area (Å²) in [4.78, 5) is 1.41. The first-order valence-electron chi connectivity index (χ1n) is 19.3. The van der Waals surface area contributed by atoms with Crippen molar-refractivity contribution in [2.75, 3.05) is 0 Å². The number of benzene rings is 12. The predicted molar refractivity (Wildman–Crippen MR) is 239 cm³/mol. The maximum absolute atomic E-state index is 2.45. The van der Waals surface area contributed by atoms with Crippen molar-refractivity contribution in [1.29, 1.82) is 0 Å². The SMILES string of the molecule is c1ccc(-c2ccc3c4c(sc3c2)-c2ccc3c5c2c-4ccc5c2cccc4c2c3c2cccc3c5ccc6c7c(ccc(c75)c4c32)-c2ccccc2-6)cc1. The van der Waals surface area contributed by atoms with Gasteiger partial charge in [0.2, 0.25) is 0 Å². The standard InChI is InChI=1S/C54H26S/c1-2-8-27(9-3-1)28-16-17-37-44(26-28)55-54-43-25-24-41-49-36(21-23-42(52(43)49)53(37)54)32-13-7-14-38-47(32)51(41)39-15-6-12-31-35-19-18-33-29-10-4-5-11-30(29)34-20-22-40(48(35)45(33)34)50(38)46(31)39/h1-26H. The van der Waals surface area contributed by atoms with Crippen LogP contribution in [0.2, 0.25) is 0 Å². The maximum Gasteiger partial charge on any atom is 0.0440 e. The van der Waals surface area contributed by atoms with Gasteiger partial charge in [-0.25, -0.2) is 0 Å². The first-order chi connectivity index (χ1) is 27.3. The van der Waals surface area contributed by atoms with Crippen molar-refractivity contribution in [2.24, 2.45) is 0 Å². The Morgan fingerprint density at radius 1 is 0.255 bits per heavy atom. The van der Waals surface area contributed by atoms with E-state index in [4.69, 9.17) is 0 Å². The number of hydrogen-bond acceptors (Lipinski definition) is 1. The van der Waals surface area contributed by atoms with Crippen LogP contribution in [0, 0.1) is 0 Å². The van der Waals surface area contributed by atoms with Gasteiger partial charge in [0.15, 0.2) is 0 Å². The molecule has 0 amide bonds. The zero-order chi connectivity index (χ0) is 35.3. The van der Waals surface area contributed by atoms with E-state index in [2.05, 4.69) is 158 Å². The van der Waals surface area contributed by atoms with Crippen LogP contribution in [0.25, 0.3) is 151 Å². The van der Waals surface area contributed by atoms with Crippen LogP contribution in [0.4, 0.5) is 0 Å². The summed E-state index contributed by atoms with van der Waals surface area (Å²) < 4.78 is 1.36. The second-order valence-electron chi connectivity index (χ2n) is 15.8. The van der Waals surface area contributed by atoms with Gasteiger partial charge in [-0.3, -0.25) is 0 Å². The minimum Gasteiger partial charge on any atom is -0.134 e. The molecule has 0 saturated heterocycles. The van der Waals surface area contributed by atoms with Crippen molar-refractivity contribution in [1.82, 2.24) is 0 Å². The normalized spacial score (nSPS) is 13.1. The van der Waals surface area contributed by atoms with Gasteiger partial charge < -0.3 is 0 Å². The van der Waals surface area contributed by atoms with E-state index in [-0.39, 0.29) is 0 Å². The van der Waals surface area contributed by atoms with E-state index in [1.165, 1.54) is 151 Å². The monoisotopic (exact) mass is 706 g/mol. The molecular formula is C54H26S. The molecule has 0 radical (unpaired) electrons. The fourth-order valence-corrected chi connectivity index (χ4v) is 12.6. The van der Waals surface area contributed by atoms with Gasteiger partial charge >= 0.3 is 0 Å². The van der Waals surface area contributed by atoms with Crippen LogP contribution >= 0.6 is 11.3 Å². The zero-order valence-electron chi connectivity index (χ0n) is 29.4. The second kappa shape index (κ2) is 9.28. The van der Waals surface area contributed by atoms with E-state index in [9.17, 15) is 0 Å². The highest BCUT2D eigenvalue weighted by Crippen LogP contribution is 2.59. The molecule has 1 heteroatoms. The van der Waals surface area contributed by atoms with Gasteiger partial charge in [-0.1, -0.05) is 152 Å². The van der Waals surface area contributed by atoms with Crippen molar-refractivity contribution in [3.05, 3.63) is 158 Å². The summed E-state index contributed by atoms with van der Waals surface area (Å²) in [6.07, 6.45) is 0. The van der Waals surface area contributed by atoms with Crippen molar-refractivity contribution < 1.29 is 0 Å². The Bertz CT molecular complexity index is 3890. The summed E-state index contributed by atoms with van der Waals surface area (Å²) in [5.41, 5.74) is 12.1. The lowest BCUT2D eigenvalue weighted by molar-refractivity contribution is 1.66. The Labute approximate surface area is 318 Å². The average molecular weight is 707 g/mol. The highest BCUT2D eigenvalue weighted by atomic mass is 32.1. The van der Waals surface area contributed by atoms with Crippen LogP contribution in [0.15, 0.2) is 158 Å². The lowest BCUT2D eigenvalue weighted by Crippen LogP contribution is -1.93.